The van der Waals surface area contributed by atoms with Gasteiger partial charge in [-0.3, -0.25) is 9.69 Å². The van der Waals surface area contributed by atoms with Crippen LogP contribution >= 0.6 is 0 Å². The number of hydrogen-bond donors (Lipinski definition) is 1. The number of amides is 1. The Hall–Kier alpha value is -2.53. The van der Waals surface area contributed by atoms with Gasteiger partial charge < -0.3 is 14.8 Å². The summed E-state index contributed by atoms with van der Waals surface area (Å²) >= 11 is 0. The SMILES string of the molecule is CCc1ccc(CN2CCC[C@H](CNC(=O)COc3ccccc3OC)C2)cc1. The van der Waals surface area contributed by atoms with Gasteiger partial charge in [0.25, 0.3) is 5.91 Å². The van der Waals surface area contributed by atoms with E-state index < -0.39 is 0 Å². The monoisotopic (exact) mass is 396 g/mol. The molecular weight excluding hydrogens is 364 g/mol. The third-order valence-electron chi connectivity index (χ3n) is 5.46. The summed E-state index contributed by atoms with van der Waals surface area (Å²) < 4.78 is 10.8. The first kappa shape index (κ1) is 21.2. The molecular formula is C24H32N2O3. The van der Waals surface area contributed by atoms with Gasteiger partial charge >= 0.3 is 0 Å². The summed E-state index contributed by atoms with van der Waals surface area (Å²) in [5.41, 5.74) is 2.74. The van der Waals surface area contributed by atoms with E-state index in [0.717, 1.165) is 32.5 Å². The number of ether oxygens (including phenoxy) is 2. The van der Waals surface area contributed by atoms with Gasteiger partial charge in [-0.1, -0.05) is 43.3 Å². The molecule has 1 aliphatic rings. The minimum absolute atomic E-state index is 0.000580. The predicted molar refractivity (Wildman–Crippen MR) is 115 cm³/mol. The van der Waals surface area contributed by atoms with E-state index in [4.69, 9.17) is 9.47 Å². The maximum Gasteiger partial charge on any atom is 0.257 e. The number of likely N-dealkylation sites (tertiary alicyclic amines) is 1. The lowest BCUT2D eigenvalue weighted by atomic mass is 9.97. The maximum atomic E-state index is 12.2. The van der Waals surface area contributed by atoms with Crippen molar-refractivity contribution in [2.45, 2.75) is 32.7 Å². The second-order valence-corrected chi connectivity index (χ2v) is 7.66. The molecule has 0 saturated carbocycles. The molecule has 5 nitrogen and oxygen atoms in total. The van der Waals surface area contributed by atoms with Gasteiger partial charge in [0.2, 0.25) is 0 Å². The van der Waals surface area contributed by atoms with Gasteiger partial charge in [-0.15, -0.1) is 0 Å². The summed E-state index contributed by atoms with van der Waals surface area (Å²) in [6.07, 6.45) is 3.40. The first-order chi connectivity index (χ1) is 14.2. The fourth-order valence-electron chi connectivity index (χ4n) is 3.79. The fourth-order valence-corrected chi connectivity index (χ4v) is 3.79. The third kappa shape index (κ3) is 6.50. The van der Waals surface area contributed by atoms with Crippen molar-refractivity contribution in [1.29, 1.82) is 0 Å². The van der Waals surface area contributed by atoms with Crippen molar-refractivity contribution in [2.24, 2.45) is 5.92 Å². The Bertz CT molecular complexity index is 776. The standard InChI is InChI=1S/C24H32N2O3/c1-3-19-10-12-20(13-11-19)16-26-14-6-7-21(17-26)15-25-24(27)18-29-23-9-5-4-8-22(23)28-2/h4-5,8-13,21H,3,6-7,14-18H2,1-2H3,(H,25,27)/t21-/m1/s1. The van der Waals surface area contributed by atoms with Crippen LogP contribution in [0.15, 0.2) is 48.5 Å². The average Bonchev–Trinajstić information content (AvgIpc) is 2.77. The number of nitrogens with one attached hydrogen (secondary N) is 1. The van der Waals surface area contributed by atoms with E-state index in [2.05, 4.69) is 41.4 Å². The normalized spacial score (nSPS) is 17.0. The van der Waals surface area contributed by atoms with Crippen LogP contribution in [0, 0.1) is 5.92 Å². The van der Waals surface area contributed by atoms with Gasteiger partial charge in [-0.2, -0.15) is 0 Å². The van der Waals surface area contributed by atoms with Crippen LogP contribution < -0.4 is 14.8 Å². The van der Waals surface area contributed by atoms with E-state index in [1.165, 1.54) is 17.5 Å². The van der Waals surface area contributed by atoms with Gasteiger partial charge in [0.15, 0.2) is 18.1 Å². The Morgan fingerprint density at radius 1 is 1.10 bits per heavy atom. The van der Waals surface area contributed by atoms with Crippen LogP contribution in [0.1, 0.15) is 30.9 Å². The number of hydrogen-bond acceptors (Lipinski definition) is 4. The van der Waals surface area contributed by atoms with Crippen molar-refractivity contribution in [3.8, 4) is 11.5 Å². The first-order valence-electron chi connectivity index (χ1n) is 10.5. The fraction of sp³-hybridized carbons (Fsp3) is 0.458. The Labute approximate surface area is 174 Å². The summed E-state index contributed by atoms with van der Waals surface area (Å²) in [6.45, 7) is 5.99. The van der Waals surface area contributed by atoms with E-state index in [1.54, 1.807) is 13.2 Å². The number of nitrogens with zero attached hydrogens (tertiary/aromatic N) is 1. The predicted octanol–water partition coefficient (Wildman–Crippen LogP) is 3.66. The number of para-hydroxylation sites is 2. The molecule has 0 unspecified atom stereocenters. The largest absolute Gasteiger partial charge is 0.493 e. The number of carbonyl (C=O) groups excluding carboxylic acids is 1. The lowest BCUT2D eigenvalue weighted by Crippen LogP contribution is -2.41. The minimum atomic E-state index is -0.0943. The van der Waals surface area contributed by atoms with E-state index in [9.17, 15) is 4.79 Å². The second-order valence-electron chi connectivity index (χ2n) is 7.66. The number of rotatable bonds is 9. The van der Waals surface area contributed by atoms with Crippen molar-refractivity contribution in [3.63, 3.8) is 0 Å². The molecule has 1 heterocycles. The average molecular weight is 397 g/mol. The molecule has 0 aromatic heterocycles. The summed E-state index contributed by atoms with van der Waals surface area (Å²) in [6, 6.07) is 16.3. The third-order valence-corrected chi connectivity index (χ3v) is 5.46. The zero-order valence-corrected chi connectivity index (χ0v) is 17.5. The highest BCUT2D eigenvalue weighted by Gasteiger charge is 2.20. The quantitative estimate of drug-likeness (QED) is 0.703. The number of methoxy groups -OCH3 is 1. The minimum Gasteiger partial charge on any atom is -0.493 e. The van der Waals surface area contributed by atoms with Crippen molar-refractivity contribution in [1.82, 2.24) is 10.2 Å². The summed E-state index contributed by atoms with van der Waals surface area (Å²) in [4.78, 5) is 14.7. The smallest absolute Gasteiger partial charge is 0.257 e. The van der Waals surface area contributed by atoms with E-state index in [0.29, 0.717) is 24.0 Å². The molecule has 2 aromatic carbocycles. The van der Waals surface area contributed by atoms with Crippen LogP contribution in [0.3, 0.4) is 0 Å². The van der Waals surface area contributed by atoms with E-state index in [-0.39, 0.29) is 12.5 Å². The summed E-state index contributed by atoms with van der Waals surface area (Å²) in [7, 11) is 1.59. The molecule has 2 aromatic rings. The Kier molecular flexibility index (Phi) is 7.94. The van der Waals surface area contributed by atoms with Crippen molar-refractivity contribution in [3.05, 3.63) is 59.7 Å². The Morgan fingerprint density at radius 3 is 2.55 bits per heavy atom. The zero-order valence-electron chi connectivity index (χ0n) is 17.5. The number of aryl methyl sites for hydroxylation is 1. The van der Waals surface area contributed by atoms with Crippen LogP contribution in [0.2, 0.25) is 0 Å². The van der Waals surface area contributed by atoms with Crippen LogP contribution in [-0.2, 0) is 17.8 Å². The van der Waals surface area contributed by atoms with Crippen LogP contribution in [0.25, 0.3) is 0 Å². The molecule has 1 atom stereocenters. The molecule has 1 saturated heterocycles. The number of carbonyl (C=O) groups is 1. The molecule has 156 valence electrons. The van der Waals surface area contributed by atoms with E-state index >= 15 is 0 Å². The van der Waals surface area contributed by atoms with Crippen LogP contribution in [0.5, 0.6) is 11.5 Å². The zero-order chi connectivity index (χ0) is 20.5. The summed E-state index contributed by atoms with van der Waals surface area (Å²) in [5.74, 6) is 1.61. The first-order valence-corrected chi connectivity index (χ1v) is 10.5. The lowest BCUT2D eigenvalue weighted by Gasteiger charge is -2.32. The topological polar surface area (TPSA) is 50.8 Å². The van der Waals surface area contributed by atoms with Crippen LogP contribution in [0.4, 0.5) is 0 Å². The molecule has 1 fully saturated rings. The molecule has 0 bridgehead atoms. The van der Waals surface area contributed by atoms with Crippen molar-refractivity contribution < 1.29 is 14.3 Å². The molecule has 1 amide bonds. The Balaban J connectivity index is 1.41. The lowest BCUT2D eigenvalue weighted by molar-refractivity contribution is -0.123. The molecule has 1 aliphatic heterocycles. The molecule has 0 aliphatic carbocycles. The van der Waals surface area contributed by atoms with Crippen LogP contribution in [-0.4, -0.2) is 44.2 Å². The molecule has 0 spiro atoms. The molecule has 5 heteroatoms. The molecule has 1 N–H and O–H groups in total. The van der Waals surface area contributed by atoms with Crippen molar-refractivity contribution >= 4 is 5.91 Å². The molecule has 0 radical (unpaired) electrons. The highest BCUT2D eigenvalue weighted by Crippen LogP contribution is 2.25. The number of piperidine rings is 1. The second kappa shape index (κ2) is 10.9. The van der Waals surface area contributed by atoms with Gasteiger partial charge in [0.05, 0.1) is 7.11 Å². The van der Waals surface area contributed by atoms with Gasteiger partial charge in [0.1, 0.15) is 0 Å². The van der Waals surface area contributed by atoms with Gasteiger partial charge in [-0.25, -0.2) is 0 Å². The maximum absolute atomic E-state index is 12.2. The highest BCUT2D eigenvalue weighted by molar-refractivity contribution is 5.77. The molecule has 3 rings (SSSR count). The van der Waals surface area contributed by atoms with Gasteiger partial charge in [-0.05, 0) is 55.0 Å². The Morgan fingerprint density at radius 2 is 1.83 bits per heavy atom. The summed E-state index contributed by atoms with van der Waals surface area (Å²) in [5, 5.41) is 3.03. The van der Waals surface area contributed by atoms with E-state index in [1.807, 2.05) is 18.2 Å². The molecule has 29 heavy (non-hydrogen) atoms. The number of benzene rings is 2. The highest BCUT2D eigenvalue weighted by atomic mass is 16.5. The van der Waals surface area contributed by atoms with Crippen molar-refractivity contribution in [2.75, 3.05) is 33.4 Å². The van der Waals surface area contributed by atoms with Gasteiger partial charge in [0, 0.05) is 19.6 Å².